The lowest BCUT2D eigenvalue weighted by atomic mass is 9.85. The Balaban J connectivity index is 1.44. The lowest BCUT2D eigenvalue weighted by Gasteiger charge is -2.34. The summed E-state index contributed by atoms with van der Waals surface area (Å²) in [5, 5.41) is 6.17. The van der Waals surface area contributed by atoms with Crippen molar-refractivity contribution in [1.82, 2.24) is 10.2 Å². The standard InChI is InChI=1S/C21H31N3O3/c1-15-5-3-4-6-19(15)23-20(25)16-11-13-24(14-12-16)21(26)22-17-7-9-18(27-2)10-8-17/h7-10,15-16,19H,3-6,11-14H2,1-2H3,(H,22,26)(H,23,25)/t15-,19+/m0/s1. The van der Waals surface area contributed by atoms with Gasteiger partial charge in [-0.2, -0.15) is 0 Å². The number of amides is 3. The number of rotatable bonds is 4. The molecular weight excluding hydrogens is 342 g/mol. The van der Waals surface area contributed by atoms with Gasteiger partial charge in [0.1, 0.15) is 5.75 Å². The van der Waals surface area contributed by atoms with Gasteiger partial charge in [-0.3, -0.25) is 4.79 Å². The Hall–Kier alpha value is -2.24. The average Bonchev–Trinajstić information content (AvgIpc) is 2.70. The van der Waals surface area contributed by atoms with Crippen LogP contribution in [0.4, 0.5) is 10.5 Å². The zero-order chi connectivity index (χ0) is 19.2. The molecule has 2 fully saturated rings. The predicted octanol–water partition coefficient (Wildman–Crippen LogP) is 3.63. The average molecular weight is 373 g/mol. The molecule has 0 spiro atoms. The van der Waals surface area contributed by atoms with Gasteiger partial charge >= 0.3 is 6.03 Å². The first-order chi connectivity index (χ1) is 13.1. The van der Waals surface area contributed by atoms with Crippen molar-refractivity contribution in [3.05, 3.63) is 24.3 Å². The molecule has 1 aromatic carbocycles. The van der Waals surface area contributed by atoms with Gasteiger partial charge in [-0.15, -0.1) is 0 Å². The molecule has 6 heteroatoms. The first kappa shape index (κ1) is 19.5. The van der Waals surface area contributed by atoms with Crippen molar-refractivity contribution in [1.29, 1.82) is 0 Å². The third kappa shape index (κ3) is 5.15. The Bertz CT molecular complexity index is 639. The normalized spacial score (nSPS) is 23.6. The molecule has 1 saturated heterocycles. The maximum atomic E-state index is 12.6. The van der Waals surface area contributed by atoms with Gasteiger partial charge in [-0.05, 0) is 55.9 Å². The SMILES string of the molecule is COc1ccc(NC(=O)N2CCC(C(=O)N[C@@H]3CCCC[C@@H]3C)CC2)cc1. The zero-order valence-electron chi connectivity index (χ0n) is 16.4. The van der Waals surface area contributed by atoms with E-state index in [0.717, 1.165) is 30.7 Å². The van der Waals surface area contributed by atoms with E-state index in [1.54, 1.807) is 12.0 Å². The fourth-order valence-electron chi connectivity index (χ4n) is 4.05. The molecule has 1 aliphatic heterocycles. The van der Waals surface area contributed by atoms with E-state index in [-0.39, 0.29) is 17.9 Å². The summed E-state index contributed by atoms with van der Waals surface area (Å²) in [5.41, 5.74) is 0.743. The summed E-state index contributed by atoms with van der Waals surface area (Å²) < 4.78 is 5.12. The van der Waals surface area contributed by atoms with Crippen LogP contribution < -0.4 is 15.4 Å². The number of ether oxygens (including phenoxy) is 1. The van der Waals surface area contributed by atoms with Gasteiger partial charge in [-0.25, -0.2) is 4.79 Å². The largest absolute Gasteiger partial charge is 0.497 e. The van der Waals surface area contributed by atoms with Crippen LogP contribution in [0.3, 0.4) is 0 Å². The minimum Gasteiger partial charge on any atom is -0.497 e. The molecule has 3 rings (SSSR count). The molecule has 0 radical (unpaired) electrons. The number of hydrogen-bond donors (Lipinski definition) is 2. The molecule has 2 aliphatic rings. The summed E-state index contributed by atoms with van der Waals surface area (Å²) in [6, 6.07) is 7.49. The number of methoxy groups -OCH3 is 1. The number of carbonyl (C=O) groups is 2. The predicted molar refractivity (Wildman–Crippen MR) is 106 cm³/mol. The van der Waals surface area contributed by atoms with E-state index in [2.05, 4.69) is 17.6 Å². The van der Waals surface area contributed by atoms with Crippen molar-refractivity contribution in [2.45, 2.75) is 51.5 Å². The van der Waals surface area contributed by atoms with E-state index < -0.39 is 0 Å². The van der Waals surface area contributed by atoms with Crippen molar-refractivity contribution in [3.8, 4) is 5.75 Å². The fourth-order valence-corrected chi connectivity index (χ4v) is 4.05. The summed E-state index contributed by atoms with van der Waals surface area (Å²) in [6.07, 6.45) is 6.23. The maximum Gasteiger partial charge on any atom is 0.321 e. The van der Waals surface area contributed by atoms with Crippen LogP contribution in [-0.2, 0) is 4.79 Å². The highest BCUT2D eigenvalue weighted by Gasteiger charge is 2.30. The van der Waals surface area contributed by atoms with Crippen molar-refractivity contribution in [3.63, 3.8) is 0 Å². The number of carbonyl (C=O) groups excluding carboxylic acids is 2. The quantitative estimate of drug-likeness (QED) is 0.847. The van der Waals surface area contributed by atoms with Crippen molar-refractivity contribution >= 4 is 17.6 Å². The fraction of sp³-hybridized carbons (Fsp3) is 0.619. The van der Waals surface area contributed by atoms with Gasteiger partial charge in [-0.1, -0.05) is 19.8 Å². The molecule has 1 aromatic rings. The van der Waals surface area contributed by atoms with Crippen LogP contribution in [0.5, 0.6) is 5.75 Å². The van der Waals surface area contributed by atoms with Gasteiger partial charge in [0.05, 0.1) is 7.11 Å². The van der Waals surface area contributed by atoms with E-state index in [9.17, 15) is 9.59 Å². The van der Waals surface area contributed by atoms with Crippen molar-refractivity contribution < 1.29 is 14.3 Å². The lowest BCUT2D eigenvalue weighted by molar-refractivity contribution is -0.127. The third-order valence-corrected chi connectivity index (χ3v) is 5.93. The first-order valence-electron chi connectivity index (χ1n) is 10.1. The number of benzene rings is 1. The third-order valence-electron chi connectivity index (χ3n) is 5.93. The number of nitrogens with one attached hydrogen (secondary N) is 2. The number of likely N-dealkylation sites (tertiary alicyclic amines) is 1. The van der Waals surface area contributed by atoms with Crippen LogP contribution in [-0.4, -0.2) is 43.1 Å². The van der Waals surface area contributed by atoms with Crippen molar-refractivity contribution in [2.24, 2.45) is 11.8 Å². The van der Waals surface area contributed by atoms with Crippen LogP contribution in [0.25, 0.3) is 0 Å². The molecule has 0 unspecified atom stereocenters. The van der Waals surface area contributed by atoms with E-state index in [4.69, 9.17) is 4.74 Å². The molecule has 27 heavy (non-hydrogen) atoms. The monoisotopic (exact) mass is 373 g/mol. The van der Waals surface area contributed by atoms with Gasteiger partial charge < -0.3 is 20.3 Å². The van der Waals surface area contributed by atoms with Gasteiger partial charge in [0.25, 0.3) is 0 Å². The summed E-state index contributed by atoms with van der Waals surface area (Å²) in [4.78, 5) is 26.8. The lowest BCUT2D eigenvalue weighted by Crippen LogP contribution is -2.48. The Kier molecular flexibility index (Phi) is 6.58. The summed E-state index contributed by atoms with van der Waals surface area (Å²) in [7, 11) is 1.61. The number of nitrogens with zero attached hydrogens (tertiary/aromatic N) is 1. The molecule has 3 amide bonds. The molecule has 1 aliphatic carbocycles. The molecule has 6 nitrogen and oxygen atoms in total. The Morgan fingerprint density at radius 2 is 1.70 bits per heavy atom. The number of piperidine rings is 1. The highest BCUT2D eigenvalue weighted by atomic mass is 16.5. The Labute approximate surface area is 161 Å². The smallest absolute Gasteiger partial charge is 0.321 e. The zero-order valence-corrected chi connectivity index (χ0v) is 16.4. The molecule has 0 bridgehead atoms. The molecule has 1 saturated carbocycles. The topological polar surface area (TPSA) is 70.7 Å². The van der Waals surface area contributed by atoms with Crippen LogP contribution in [0, 0.1) is 11.8 Å². The molecule has 1 heterocycles. The minimum absolute atomic E-state index is 0.0177. The maximum absolute atomic E-state index is 12.6. The highest BCUT2D eigenvalue weighted by molar-refractivity contribution is 5.89. The Morgan fingerprint density at radius 3 is 2.33 bits per heavy atom. The minimum atomic E-state index is -0.111. The van der Waals surface area contributed by atoms with E-state index >= 15 is 0 Å². The second-order valence-electron chi connectivity index (χ2n) is 7.80. The first-order valence-corrected chi connectivity index (χ1v) is 10.1. The molecule has 148 valence electrons. The van der Waals surface area contributed by atoms with Crippen LogP contribution >= 0.6 is 0 Å². The Morgan fingerprint density at radius 1 is 1.04 bits per heavy atom. The van der Waals surface area contributed by atoms with Crippen LogP contribution in [0.1, 0.15) is 45.4 Å². The van der Waals surface area contributed by atoms with E-state index in [1.807, 2.05) is 24.3 Å². The summed E-state index contributed by atoms with van der Waals surface area (Å²) in [6.45, 7) is 3.46. The number of anilines is 1. The number of urea groups is 1. The van der Waals surface area contributed by atoms with Crippen molar-refractivity contribution in [2.75, 3.05) is 25.5 Å². The molecule has 2 N–H and O–H groups in total. The molecular formula is C21H31N3O3. The van der Waals surface area contributed by atoms with E-state index in [1.165, 1.54) is 19.3 Å². The second kappa shape index (κ2) is 9.11. The van der Waals surface area contributed by atoms with Gasteiger partial charge in [0, 0.05) is 30.7 Å². The van der Waals surface area contributed by atoms with Crippen LogP contribution in [0.2, 0.25) is 0 Å². The summed E-state index contributed by atoms with van der Waals surface area (Å²) in [5.74, 6) is 1.51. The highest BCUT2D eigenvalue weighted by Crippen LogP contribution is 2.25. The summed E-state index contributed by atoms with van der Waals surface area (Å²) >= 11 is 0. The van der Waals surface area contributed by atoms with Gasteiger partial charge in [0.15, 0.2) is 0 Å². The second-order valence-corrected chi connectivity index (χ2v) is 7.80. The van der Waals surface area contributed by atoms with E-state index in [0.29, 0.717) is 25.0 Å². The molecule has 2 atom stereocenters. The van der Waals surface area contributed by atoms with Crippen LogP contribution in [0.15, 0.2) is 24.3 Å². The van der Waals surface area contributed by atoms with Gasteiger partial charge in [0.2, 0.25) is 5.91 Å². The molecule has 0 aromatic heterocycles. The number of hydrogen-bond acceptors (Lipinski definition) is 3.